The van der Waals surface area contributed by atoms with Crippen molar-refractivity contribution in [1.29, 1.82) is 0 Å². The molecular formula is C24H29N3O4. The number of hydrogen-bond donors (Lipinski definition) is 1. The molecule has 31 heavy (non-hydrogen) atoms. The number of hydrogen-bond acceptors (Lipinski definition) is 5. The molecule has 2 aromatic rings. The number of rotatable bonds is 5. The molecule has 2 aliphatic heterocycles. The molecule has 1 N–H and O–H groups in total. The largest absolute Gasteiger partial charge is 0.485 e. The molecule has 0 saturated carbocycles. The molecule has 0 radical (unpaired) electrons. The summed E-state index contributed by atoms with van der Waals surface area (Å²) >= 11 is 0. The Balaban J connectivity index is 1.27. The zero-order valence-corrected chi connectivity index (χ0v) is 18.0. The maximum absolute atomic E-state index is 12.9. The van der Waals surface area contributed by atoms with Crippen molar-refractivity contribution >= 4 is 11.8 Å². The Kier molecular flexibility index (Phi) is 6.42. The minimum absolute atomic E-state index is 0.00301. The first kappa shape index (κ1) is 21.2. The van der Waals surface area contributed by atoms with E-state index in [0.717, 1.165) is 5.56 Å². The van der Waals surface area contributed by atoms with Crippen LogP contribution in [0, 0.1) is 0 Å². The van der Waals surface area contributed by atoms with Crippen LogP contribution in [0.1, 0.15) is 25.5 Å². The van der Waals surface area contributed by atoms with Gasteiger partial charge in [0.2, 0.25) is 12.0 Å². The van der Waals surface area contributed by atoms with Crippen LogP contribution in [0.4, 0.5) is 0 Å². The molecular weight excluding hydrogens is 394 g/mol. The molecule has 4 rings (SSSR count). The van der Waals surface area contributed by atoms with E-state index >= 15 is 0 Å². The molecule has 1 saturated heterocycles. The second-order valence-corrected chi connectivity index (χ2v) is 8.04. The summed E-state index contributed by atoms with van der Waals surface area (Å²) in [5.41, 5.74) is 1.08. The van der Waals surface area contributed by atoms with Crippen LogP contribution in [0.15, 0.2) is 54.6 Å². The number of carbonyl (C=O) groups excluding carboxylic acids is 2. The van der Waals surface area contributed by atoms with Crippen molar-refractivity contribution in [2.24, 2.45) is 0 Å². The van der Waals surface area contributed by atoms with Crippen LogP contribution in [-0.4, -0.2) is 66.5 Å². The average molecular weight is 424 g/mol. The Morgan fingerprint density at radius 3 is 2.29 bits per heavy atom. The second-order valence-electron chi connectivity index (χ2n) is 8.04. The fourth-order valence-corrected chi connectivity index (χ4v) is 4.00. The first-order valence-corrected chi connectivity index (χ1v) is 10.8. The first-order valence-electron chi connectivity index (χ1n) is 10.8. The summed E-state index contributed by atoms with van der Waals surface area (Å²) in [6.45, 7) is 6.53. The summed E-state index contributed by atoms with van der Waals surface area (Å²) in [4.78, 5) is 29.6. The molecule has 2 amide bonds. The molecule has 1 fully saturated rings. The fourth-order valence-electron chi connectivity index (χ4n) is 4.00. The lowest BCUT2D eigenvalue weighted by atomic mass is 10.1. The second kappa shape index (κ2) is 9.39. The molecule has 0 aromatic heterocycles. The van der Waals surface area contributed by atoms with E-state index < -0.39 is 6.10 Å². The predicted octanol–water partition coefficient (Wildman–Crippen LogP) is 2.24. The molecule has 2 aliphatic rings. The normalized spacial score (nSPS) is 20.6. The van der Waals surface area contributed by atoms with Crippen LogP contribution >= 0.6 is 0 Å². The summed E-state index contributed by atoms with van der Waals surface area (Å²) in [6.07, 6.45) is -0.631. The summed E-state index contributed by atoms with van der Waals surface area (Å²) < 4.78 is 11.5. The Labute approximate surface area is 182 Å². The number of para-hydroxylation sites is 2. The standard InChI is InChI=1S/C24H29N3O4/c1-17(19-8-4-3-5-9-19)25-23(28)18(2)26-12-14-27(15-13-26)24(29)22-16-30-20-10-6-7-11-21(20)31-22/h3-11,17-18,22H,12-16H2,1-2H3,(H,25,28)/t17-,18+,22-/m0/s1. The van der Waals surface area contributed by atoms with Crippen LogP contribution < -0.4 is 14.8 Å². The van der Waals surface area contributed by atoms with Crippen LogP contribution in [0.5, 0.6) is 11.5 Å². The number of nitrogens with one attached hydrogen (secondary N) is 1. The third-order valence-corrected chi connectivity index (χ3v) is 6.00. The zero-order valence-electron chi connectivity index (χ0n) is 18.0. The van der Waals surface area contributed by atoms with E-state index in [2.05, 4.69) is 10.2 Å². The van der Waals surface area contributed by atoms with Crippen molar-refractivity contribution in [3.8, 4) is 11.5 Å². The number of benzene rings is 2. The van der Waals surface area contributed by atoms with E-state index in [1.165, 1.54) is 0 Å². The van der Waals surface area contributed by atoms with Gasteiger partial charge in [-0.25, -0.2) is 0 Å². The molecule has 0 spiro atoms. The maximum Gasteiger partial charge on any atom is 0.267 e. The molecule has 0 unspecified atom stereocenters. The number of fused-ring (bicyclic) bond motifs is 1. The molecule has 2 aromatic carbocycles. The van der Waals surface area contributed by atoms with Gasteiger partial charge in [-0.1, -0.05) is 42.5 Å². The Hall–Kier alpha value is -3.06. The number of amides is 2. The van der Waals surface area contributed by atoms with Crippen molar-refractivity contribution in [3.63, 3.8) is 0 Å². The summed E-state index contributed by atoms with van der Waals surface area (Å²) in [5.74, 6) is 1.20. The number of nitrogens with zero attached hydrogens (tertiary/aromatic N) is 2. The van der Waals surface area contributed by atoms with Crippen LogP contribution in [-0.2, 0) is 9.59 Å². The van der Waals surface area contributed by atoms with Gasteiger partial charge < -0.3 is 19.7 Å². The SMILES string of the molecule is C[C@H](NC(=O)[C@@H](C)N1CCN(C(=O)[C@@H]2COc3ccccc3O2)CC1)c1ccccc1. The highest BCUT2D eigenvalue weighted by Crippen LogP contribution is 2.31. The minimum Gasteiger partial charge on any atom is -0.485 e. The smallest absolute Gasteiger partial charge is 0.267 e. The molecule has 7 nitrogen and oxygen atoms in total. The zero-order chi connectivity index (χ0) is 21.8. The summed E-state index contributed by atoms with van der Waals surface area (Å²) in [7, 11) is 0. The lowest BCUT2D eigenvalue weighted by Gasteiger charge is -2.39. The summed E-state index contributed by atoms with van der Waals surface area (Å²) in [6, 6.07) is 17.0. The van der Waals surface area contributed by atoms with Crippen molar-refractivity contribution in [1.82, 2.24) is 15.1 Å². The van der Waals surface area contributed by atoms with Crippen LogP contribution in [0.3, 0.4) is 0 Å². The Bertz CT molecular complexity index is 912. The topological polar surface area (TPSA) is 71.1 Å². The monoisotopic (exact) mass is 423 g/mol. The van der Waals surface area contributed by atoms with Crippen molar-refractivity contribution in [3.05, 3.63) is 60.2 Å². The van der Waals surface area contributed by atoms with E-state index in [-0.39, 0.29) is 30.5 Å². The molecule has 7 heteroatoms. The van der Waals surface area contributed by atoms with Crippen molar-refractivity contribution in [2.75, 3.05) is 32.8 Å². The quantitative estimate of drug-likeness (QED) is 0.799. The minimum atomic E-state index is -0.631. The van der Waals surface area contributed by atoms with Gasteiger partial charge in [0.15, 0.2) is 11.5 Å². The molecule has 3 atom stereocenters. The fraction of sp³-hybridized carbons (Fsp3) is 0.417. The molecule has 0 bridgehead atoms. The highest BCUT2D eigenvalue weighted by Gasteiger charge is 2.34. The average Bonchev–Trinajstić information content (AvgIpc) is 2.83. The van der Waals surface area contributed by atoms with Gasteiger partial charge in [-0.3, -0.25) is 14.5 Å². The van der Waals surface area contributed by atoms with Gasteiger partial charge in [0.25, 0.3) is 5.91 Å². The maximum atomic E-state index is 12.9. The number of piperazine rings is 1. The highest BCUT2D eigenvalue weighted by molar-refractivity contribution is 5.83. The van der Waals surface area contributed by atoms with Crippen molar-refractivity contribution < 1.29 is 19.1 Å². The van der Waals surface area contributed by atoms with Gasteiger partial charge in [-0.05, 0) is 31.5 Å². The van der Waals surface area contributed by atoms with Gasteiger partial charge in [-0.2, -0.15) is 0 Å². The Morgan fingerprint density at radius 1 is 0.935 bits per heavy atom. The molecule has 164 valence electrons. The number of carbonyl (C=O) groups is 2. The van der Waals surface area contributed by atoms with Crippen molar-refractivity contribution in [2.45, 2.75) is 32.0 Å². The van der Waals surface area contributed by atoms with Gasteiger partial charge in [0.1, 0.15) is 6.61 Å². The lowest BCUT2D eigenvalue weighted by Crippen LogP contribution is -2.57. The predicted molar refractivity (Wildman–Crippen MR) is 117 cm³/mol. The van der Waals surface area contributed by atoms with Gasteiger partial charge in [-0.15, -0.1) is 0 Å². The van der Waals surface area contributed by atoms with Gasteiger partial charge in [0.05, 0.1) is 12.1 Å². The molecule has 2 heterocycles. The molecule has 0 aliphatic carbocycles. The lowest BCUT2D eigenvalue weighted by molar-refractivity contribution is -0.143. The third kappa shape index (κ3) is 4.82. The highest BCUT2D eigenvalue weighted by atomic mass is 16.6. The third-order valence-electron chi connectivity index (χ3n) is 6.00. The van der Waals surface area contributed by atoms with E-state index in [0.29, 0.717) is 37.7 Å². The Morgan fingerprint density at radius 2 is 1.58 bits per heavy atom. The van der Waals surface area contributed by atoms with E-state index in [1.807, 2.05) is 68.4 Å². The van der Waals surface area contributed by atoms with E-state index in [4.69, 9.17) is 9.47 Å². The van der Waals surface area contributed by atoms with Gasteiger partial charge >= 0.3 is 0 Å². The first-order chi connectivity index (χ1) is 15.0. The van der Waals surface area contributed by atoms with Crippen LogP contribution in [0.2, 0.25) is 0 Å². The van der Waals surface area contributed by atoms with E-state index in [9.17, 15) is 9.59 Å². The summed E-state index contributed by atoms with van der Waals surface area (Å²) in [5, 5.41) is 3.09. The van der Waals surface area contributed by atoms with Gasteiger partial charge in [0, 0.05) is 26.2 Å². The number of ether oxygens (including phenoxy) is 2. The van der Waals surface area contributed by atoms with E-state index in [1.54, 1.807) is 4.90 Å². The van der Waals surface area contributed by atoms with Crippen LogP contribution in [0.25, 0.3) is 0 Å².